The Bertz CT molecular complexity index is 417. The maximum absolute atomic E-state index is 6.08. The van der Waals surface area contributed by atoms with Gasteiger partial charge in [-0.2, -0.15) is 0 Å². The van der Waals surface area contributed by atoms with Gasteiger partial charge in [0.15, 0.2) is 0 Å². The van der Waals surface area contributed by atoms with Gasteiger partial charge in [0.25, 0.3) is 0 Å². The van der Waals surface area contributed by atoms with Crippen LogP contribution in [0, 0.1) is 0 Å². The minimum Gasteiger partial charge on any atom is -0.397 e. The number of nitrogens with zero attached hydrogens (tertiary/aromatic N) is 2. The van der Waals surface area contributed by atoms with Crippen LogP contribution in [0.4, 0.5) is 17.1 Å². The molecule has 0 unspecified atom stereocenters. The van der Waals surface area contributed by atoms with E-state index in [2.05, 4.69) is 22.9 Å². The summed E-state index contributed by atoms with van der Waals surface area (Å²) in [6.07, 6.45) is 2.61. The summed E-state index contributed by atoms with van der Waals surface area (Å²) >= 11 is 0. The smallest absolute Gasteiger partial charge is 0.0785 e. The van der Waals surface area contributed by atoms with Crippen LogP contribution < -0.4 is 16.4 Å². The highest BCUT2D eigenvalue weighted by molar-refractivity contribution is 5.79. The first-order chi connectivity index (χ1) is 8.16. The van der Waals surface area contributed by atoms with E-state index in [1.165, 1.54) is 12.8 Å². The molecule has 92 valence electrons. The maximum atomic E-state index is 6.08. The molecule has 1 aromatic rings. The first-order valence-corrected chi connectivity index (χ1v) is 6.27. The first-order valence-electron chi connectivity index (χ1n) is 6.27. The zero-order valence-corrected chi connectivity index (χ0v) is 10.3. The van der Waals surface area contributed by atoms with Gasteiger partial charge in [0.2, 0.25) is 0 Å². The van der Waals surface area contributed by atoms with E-state index in [-0.39, 0.29) is 0 Å². The van der Waals surface area contributed by atoms with Crippen molar-refractivity contribution >= 4 is 17.1 Å². The van der Waals surface area contributed by atoms with Crippen LogP contribution in [0.1, 0.15) is 12.8 Å². The summed E-state index contributed by atoms with van der Waals surface area (Å²) < 4.78 is 0. The zero-order chi connectivity index (χ0) is 12.0. The molecular formula is C13H20N4. The average Bonchev–Trinajstić information content (AvgIpc) is 2.54. The van der Waals surface area contributed by atoms with E-state index in [0.29, 0.717) is 17.8 Å². The summed E-state index contributed by atoms with van der Waals surface area (Å²) in [5.41, 5.74) is 14.5. The lowest BCUT2D eigenvalue weighted by molar-refractivity contribution is 0.212. The number of nitrogens with two attached hydrogens (primary N) is 2. The molecule has 1 aromatic carbocycles. The summed E-state index contributed by atoms with van der Waals surface area (Å²) in [4.78, 5) is 4.91. The third kappa shape index (κ3) is 1.63. The van der Waals surface area contributed by atoms with Gasteiger partial charge in [-0.15, -0.1) is 0 Å². The lowest BCUT2D eigenvalue weighted by Gasteiger charge is -2.40. The highest BCUT2D eigenvalue weighted by atomic mass is 15.3. The average molecular weight is 232 g/mol. The molecule has 2 saturated heterocycles. The van der Waals surface area contributed by atoms with Gasteiger partial charge in [0.1, 0.15) is 0 Å². The maximum Gasteiger partial charge on any atom is 0.0785 e. The van der Waals surface area contributed by atoms with E-state index in [1.807, 2.05) is 12.1 Å². The number of fused-ring (bicyclic) bond motifs is 2. The van der Waals surface area contributed by atoms with Crippen molar-refractivity contribution in [3.05, 3.63) is 18.2 Å². The topological polar surface area (TPSA) is 58.5 Å². The largest absolute Gasteiger partial charge is 0.397 e. The molecule has 3 rings (SSSR count). The van der Waals surface area contributed by atoms with E-state index in [9.17, 15) is 0 Å². The Labute approximate surface area is 102 Å². The van der Waals surface area contributed by atoms with Gasteiger partial charge in [0, 0.05) is 25.2 Å². The Kier molecular flexibility index (Phi) is 2.40. The fourth-order valence-corrected chi connectivity index (χ4v) is 3.16. The zero-order valence-electron chi connectivity index (χ0n) is 10.3. The summed E-state index contributed by atoms with van der Waals surface area (Å²) in [7, 11) is 2.24. The predicted octanol–water partition coefficient (Wildman–Crippen LogP) is 1.13. The van der Waals surface area contributed by atoms with E-state index in [1.54, 1.807) is 0 Å². The Morgan fingerprint density at radius 3 is 2.41 bits per heavy atom. The molecule has 4 nitrogen and oxygen atoms in total. The molecular weight excluding hydrogens is 212 g/mol. The van der Waals surface area contributed by atoms with Crippen molar-refractivity contribution in [2.24, 2.45) is 0 Å². The number of anilines is 3. The molecule has 2 bridgehead atoms. The van der Waals surface area contributed by atoms with Gasteiger partial charge in [0.05, 0.1) is 17.1 Å². The van der Waals surface area contributed by atoms with Crippen molar-refractivity contribution in [1.82, 2.24) is 4.90 Å². The predicted molar refractivity (Wildman–Crippen MR) is 72.1 cm³/mol. The van der Waals surface area contributed by atoms with Crippen molar-refractivity contribution in [2.45, 2.75) is 24.9 Å². The van der Waals surface area contributed by atoms with Crippen LogP contribution >= 0.6 is 0 Å². The fourth-order valence-electron chi connectivity index (χ4n) is 3.16. The van der Waals surface area contributed by atoms with Gasteiger partial charge in [-0.25, -0.2) is 0 Å². The molecule has 2 aliphatic heterocycles. The molecule has 0 aromatic heterocycles. The van der Waals surface area contributed by atoms with Gasteiger partial charge >= 0.3 is 0 Å². The highest BCUT2D eigenvalue weighted by Crippen LogP contribution is 2.35. The third-order valence-corrected chi connectivity index (χ3v) is 4.30. The lowest BCUT2D eigenvalue weighted by Crippen LogP contribution is -2.52. The van der Waals surface area contributed by atoms with Gasteiger partial charge in [-0.1, -0.05) is 6.07 Å². The van der Waals surface area contributed by atoms with Crippen LogP contribution in [0.3, 0.4) is 0 Å². The van der Waals surface area contributed by atoms with Crippen LogP contribution in [0.5, 0.6) is 0 Å². The molecule has 2 atom stereocenters. The summed E-state index contributed by atoms with van der Waals surface area (Å²) in [6.45, 7) is 2.14. The number of hydrogen-bond donors (Lipinski definition) is 2. The second-order valence-corrected chi connectivity index (χ2v) is 5.24. The summed E-state index contributed by atoms with van der Waals surface area (Å²) in [5.74, 6) is 0. The Hall–Kier alpha value is -1.42. The lowest BCUT2D eigenvalue weighted by atomic mass is 10.1. The molecule has 2 heterocycles. The van der Waals surface area contributed by atoms with Crippen LogP contribution in [-0.4, -0.2) is 37.1 Å². The van der Waals surface area contributed by atoms with Gasteiger partial charge in [-0.05, 0) is 32.0 Å². The minimum absolute atomic E-state index is 0.676. The van der Waals surface area contributed by atoms with E-state index in [4.69, 9.17) is 11.5 Å². The normalized spacial score (nSPS) is 28.6. The van der Waals surface area contributed by atoms with Gasteiger partial charge < -0.3 is 16.4 Å². The quantitative estimate of drug-likeness (QED) is 0.713. The van der Waals surface area contributed by atoms with Crippen LogP contribution in [-0.2, 0) is 0 Å². The van der Waals surface area contributed by atoms with Crippen LogP contribution in [0.25, 0.3) is 0 Å². The summed E-state index contributed by atoms with van der Waals surface area (Å²) in [6, 6.07) is 7.28. The van der Waals surface area contributed by atoms with Crippen LogP contribution in [0.15, 0.2) is 18.2 Å². The molecule has 17 heavy (non-hydrogen) atoms. The molecule has 4 heteroatoms. The molecule has 2 aliphatic rings. The van der Waals surface area contributed by atoms with E-state index < -0.39 is 0 Å². The number of rotatable bonds is 1. The minimum atomic E-state index is 0.676. The molecule has 2 fully saturated rings. The number of likely N-dealkylation sites (N-methyl/N-ethyl adjacent to an activating group) is 1. The fraction of sp³-hybridized carbons (Fsp3) is 0.538. The van der Waals surface area contributed by atoms with Gasteiger partial charge in [-0.3, -0.25) is 4.90 Å². The van der Waals surface area contributed by atoms with Crippen molar-refractivity contribution in [1.29, 1.82) is 0 Å². The summed E-state index contributed by atoms with van der Waals surface area (Å²) in [5, 5.41) is 0. The molecule has 0 spiro atoms. The van der Waals surface area contributed by atoms with Crippen molar-refractivity contribution in [2.75, 3.05) is 36.5 Å². The van der Waals surface area contributed by atoms with E-state index in [0.717, 1.165) is 24.5 Å². The van der Waals surface area contributed by atoms with Crippen molar-refractivity contribution < 1.29 is 0 Å². The molecule has 0 aliphatic carbocycles. The number of piperazine rings is 1. The Morgan fingerprint density at radius 2 is 1.76 bits per heavy atom. The van der Waals surface area contributed by atoms with Crippen LogP contribution in [0.2, 0.25) is 0 Å². The molecule has 0 saturated carbocycles. The number of nitrogen functional groups attached to an aromatic ring is 2. The standard InChI is InChI=1S/C13H20N4/c1-16-9-5-6-10(16)8-17(7-9)12-4-2-3-11(14)13(12)15/h2-4,9-10H,5-8,14-15H2,1H3/t9-,10+. The second-order valence-electron chi connectivity index (χ2n) is 5.24. The third-order valence-electron chi connectivity index (χ3n) is 4.30. The Morgan fingerprint density at radius 1 is 1.12 bits per heavy atom. The molecule has 0 radical (unpaired) electrons. The first kappa shape index (κ1) is 10.7. The second kappa shape index (κ2) is 3.81. The number of para-hydroxylation sites is 1. The van der Waals surface area contributed by atoms with Crippen molar-refractivity contribution in [3.63, 3.8) is 0 Å². The molecule has 4 N–H and O–H groups in total. The number of hydrogen-bond acceptors (Lipinski definition) is 4. The van der Waals surface area contributed by atoms with Crippen molar-refractivity contribution in [3.8, 4) is 0 Å². The number of benzene rings is 1. The van der Waals surface area contributed by atoms with E-state index >= 15 is 0 Å². The Balaban J connectivity index is 1.89. The monoisotopic (exact) mass is 232 g/mol. The highest BCUT2D eigenvalue weighted by Gasteiger charge is 2.37. The molecule has 0 amide bonds. The SMILES string of the molecule is CN1[C@@H]2CC[C@H]1CN(c1cccc(N)c1N)C2.